The average Bonchev–Trinajstić information content (AvgIpc) is 3.44. The Hall–Kier alpha value is -3.70. The summed E-state index contributed by atoms with van der Waals surface area (Å²) >= 11 is 0. The van der Waals surface area contributed by atoms with Crippen LogP contribution in [0.3, 0.4) is 0 Å². The molecule has 5 heteroatoms. The third kappa shape index (κ3) is 5.05. The molecule has 1 fully saturated rings. The fraction of sp³-hybridized carbons (Fsp3) is 0.267. The van der Waals surface area contributed by atoms with E-state index in [0.717, 1.165) is 54.5 Å². The summed E-state index contributed by atoms with van der Waals surface area (Å²) in [5.74, 6) is 0.0979. The van der Waals surface area contributed by atoms with Gasteiger partial charge in [0.05, 0.1) is 11.6 Å². The first kappa shape index (κ1) is 23.1. The van der Waals surface area contributed by atoms with Crippen LogP contribution in [0.2, 0.25) is 0 Å². The van der Waals surface area contributed by atoms with Crippen LogP contribution in [-0.4, -0.2) is 28.9 Å². The number of aromatic nitrogens is 1. The van der Waals surface area contributed by atoms with E-state index in [9.17, 15) is 4.79 Å². The third-order valence-electron chi connectivity index (χ3n) is 6.95. The number of anilines is 1. The Kier molecular flexibility index (Phi) is 6.77. The number of carbonyl (C=O) groups is 1. The minimum absolute atomic E-state index is 0.0559. The molecule has 1 aliphatic heterocycles. The highest BCUT2D eigenvalue weighted by atomic mass is 16.2. The summed E-state index contributed by atoms with van der Waals surface area (Å²) in [6.07, 6.45) is 4.82. The molecule has 35 heavy (non-hydrogen) atoms. The van der Waals surface area contributed by atoms with Gasteiger partial charge in [0, 0.05) is 42.5 Å². The molecule has 0 spiro atoms. The van der Waals surface area contributed by atoms with Gasteiger partial charge in [0.25, 0.3) is 5.91 Å². The number of aryl methyl sites for hydroxylation is 1. The van der Waals surface area contributed by atoms with Crippen LogP contribution in [-0.2, 0) is 13.0 Å². The highest BCUT2D eigenvalue weighted by Gasteiger charge is 2.21. The summed E-state index contributed by atoms with van der Waals surface area (Å²) in [6, 6.07) is 25.0. The fourth-order valence-corrected chi connectivity index (χ4v) is 4.98. The topological polar surface area (TPSA) is 71.2 Å². The number of rotatable bonds is 7. The maximum atomic E-state index is 12.9. The van der Waals surface area contributed by atoms with Gasteiger partial charge >= 0.3 is 0 Å². The van der Waals surface area contributed by atoms with Crippen LogP contribution in [0.25, 0.3) is 10.9 Å². The molecule has 1 saturated heterocycles. The second-order valence-corrected chi connectivity index (χ2v) is 9.37. The molecular formula is C30H32N4O. The zero-order chi connectivity index (χ0) is 24.2. The van der Waals surface area contributed by atoms with Crippen LogP contribution >= 0.6 is 0 Å². The molecule has 1 amide bonds. The predicted octanol–water partition coefficient (Wildman–Crippen LogP) is 5.63. The minimum Gasteiger partial charge on any atom is -0.377 e. The minimum atomic E-state index is 0.0559. The zero-order valence-corrected chi connectivity index (χ0v) is 20.2. The van der Waals surface area contributed by atoms with Crippen molar-refractivity contribution < 1.29 is 4.79 Å². The largest absolute Gasteiger partial charge is 0.377 e. The van der Waals surface area contributed by atoms with E-state index in [1.54, 1.807) is 0 Å². The summed E-state index contributed by atoms with van der Waals surface area (Å²) in [7, 11) is 0. The Morgan fingerprint density at radius 1 is 1.00 bits per heavy atom. The molecule has 0 aliphatic carbocycles. The number of carbonyl (C=O) groups excluding carboxylic acids is 1. The summed E-state index contributed by atoms with van der Waals surface area (Å²) < 4.78 is 0. The van der Waals surface area contributed by atoms with Gasteiger partial charge in [-0.3, -0.25) is 9.78 Å². The lowest BCUT2D eigenvalue weighted by Gasteiger charge is -2.24. The number of hydrogen-bond donors (Lipinski definition) is 2. The SMILES string of the molecule is Cc1ccc(CN)cc1C(Cc1ccccc1)Nc1ccnc2cc(C(=O)N3CCCC3)ccc12. The fourth-order valence-electron chi connectivity index (χ4n) is 4.98. The van der Waals surface area contributed by atoms with E-state index in [4.69, 9.17) is 5.73 Å². The van der Waals surface area contributed by atoms with E-state index in [2.05, 4.69) is 59.7 Å². The van der Waals surface area contributed by atoms with Gasteiger partial charge in [-0.25, -0.2) is 0 Å². The van der Waals surface area contributed by atoms with Crippen molar-refractivity contribution in [1.29, 1.82) is 0 Å². The molecule has 1 atom stereocenters. The second-order valence-electron chi connectivity index (χ2n) is 9.37. The van der Waals surface area contributed by atoms with Gasteiger partial charge in [0.15, 0.2) is 0 Å². The molecule has 1 unspecified atom stereocenters. The zero-order valence-electron chi connectivity index (χ0n) is 20.2. The quantitative estimate of drug-likeness (QED) is 0.372. The smallest absolute Gasteiger partial charge is 0.253 e. The molecule has 1 aromatic heterocycles. The average molecular weight is 465 g/mol. The van der Waals surface area contributed by atoms with Crippen molar-refractivity contribution >= 4 is 22.5 Å². The van der Waals surface area contributed by atoms with Crippen molar-refractivity contribution in [3.8, 4) is 0 Å². The molecular weight excluding hydrogens is 432 g/mol. The van der Waals surface area contributed by atoms with Crippen LogP contribution in [0.4, 0.5) is 5.69 Å². The number of likely N-dealkylation sites (tertiary alicyclic amines) is 1. The number of amides is 1. The maximum Gasteiger partial charge on any atom is 0.253 e. The van der Waals surface area contributed by atoms with Crippen LogP contribution in [0, 0.1) is 6.92 Å². The molecule has 3 N–H and O–H groups in total. The van der Waals surface area contributed by atoms with Gasteiger partial charge in [-0.15, -0.1) is 0 Å². The van der Waals surface area contributed by atoms with Crippen molar-refractivity contribution in [2.24, 2.45) is 5.73 Å². The first-order valence-corrected chi connectivity index (χ1v) is 12.4. The highest BCUT2D eigenvalue weighted by molar-refractivity contribution is 6.00. The number of benzene rings is 3. The van der Waals surface area contributed by atoms with Gasteiger partial charge in [0.1, 0.15) is 0 Å². The van der Waals surface area contributed by atoms with Crippen LogP contribution in [0.1, 0.15) is 51.5 Å². The van der Waals surface area contributed by atoms with E-state index >= 15 is 0 Å². The second kappa shape index (κ2) is 10.3. The Balaban J connectivity index is 1.50. The van der Waals surface area contributed by atoms with Gasteiger partial charge < -0.3 is 16.0 Å². The van der Waals surface area contributed by atoms with Gasteiger partial charge in [-0.1, -0.05) is 48.5 Å². The number of nitrogens with zero attached hydrogens (tertiary/aromatic N) is 2. The molecule has 2 heterocycles. The van der Waals surface area contributed by atoms with Crippen LogP contribution in [0.15, 0.2) is 79.0 Å². The molecule has 178 valence electrons. The first-order valence-electron chi connectivity index (χ1n) is 12.4. The van der Waals surface area contributed by atoms with E-state index in [0.29, 0.717) is 12.1 Å². The molecule has 0 bridgehead atoms. The molecule has 0 saturated carbocycles. The number of pyridine rings is 1. The lowest BCUT2D eigenvalue weighted by molar-refractivity contribution is 0.0793. The monoisotopic (exact) mass is 464 g/mol. The third-order valence-corrected chi connectivity index (χ3v) is 6.95. The molecule has 3 aromatic carbocycles. The summed E-state index contributed by atoms with van der Waals surface area (Å²) in [5, 5.41) is 4.82. The Labute approximate surface area is 207 Å². The van der Waals surface area contributed by atoms with Gasteiger partial charge in [-0.2, -0.15) is 0 Å². The van der Waals surface area contributed by atoms with Crippen molar-refractivity contribution in [3.05, 3.63) is 107 Å². The normalized spacial score (nSPS) is 14.3. The van der Waals surface area contributed by atoms with E-state index in [-0.39, 0.29) is 11.9 Å². The Morgan fingerprint density at radius 3 is 2.57 bits per heavy atom. The number of fused-ring (bicyclic) bond motifs is 1. The van der Waals surface area contributed by atoms with Crippen molar-refractivity contribution in [1.82, 2.24) is 9.88 Å². The molecule has 5 rings (SSSR count). The van der Waals surface area contributed by atoms with Crippen molar-refractivity contribution in [2.75, 3.05) is 18.4 Å². The van der Waals surface area contributed by atoms with Crippen LogP contribution in [0.5, 0.6) is 0 Å². The summed E-state index contributed by atoms with van der Waals surface area (Å²) in [5.41, 5.74) is 13.4. The van der Waals surface area contributed by atoms with Gasteiger partial charge in [0.2, 0.25) is 0 Å². The highest BCUT2D eigenvalue weighted by Crippen LogP contribution is 2.31. The van der Waals surface area contributed by atoms with E-state index < -0.39 is 0 Å². The first-order chi connectivity index (χ1) is 17.1. The van der Waals surface area contributed by atoms with Gasteiger partial charge in [-0.05, 0) is 72.7 Å². The number of nitrogens with one attached hydrogen (secondary N) is 1. The summed E-state index contributed by atoms with van der Waals surface area (Å²) in [6.45, 7) is 4.34. The lowest BCUT2D eigenvalue weighted by Crippen LogP contribution is -2.27. The number of hydrogen-bond acceptors (Lipinski definition) is 4. The Bertz CT molecular complexity index is 1330. The van der Waals surface area contributed by atoms with E-state index in [1.807, 2.05) is 41.4 Å². The predicted molar refractivity (Wildman–Crippen MR) is 142 cm³/mol. The van der Waals surface area contributed by atoms with Crippen LogP contribution < -0.4 is 11.1 Å². The molecule has 5 nitrogen and oxygen atoms in total. The maximum absolute atomic E-state index is 12.9. The molecule has 1 aliphatic rings. The van der Waals surface area contributed by atoms with Crippen molar-refractivity contribution in [2.45, 2.75) is 38.8 Å². The Morgan fingerprint density at radius 2 is 1.80 bits per heavy atom. The van der Waals surface area contributed by atoms with Crippen molar-refractivity contribution in [3.63, 3.8) is 0 Å². The number of nitrogens with two attached hydrogens (primary N) is 1. The van der Waals surface area contributed by atoms with E-state index in [1.165, 1.54) is 16.7 Å². The molecule has 4 aromatic rings. The molecule has 0 radical (unpaired) electrons. The standard InChI is InChI=1S/C30H32N4O/c1-21-9-10-23(20-31)17-26(21)29(18-22-7-3-2-4-8-22)33-27-13-14-32-28-19-24(11-12-25(27)28)30(35)34-15-5-6-16-34/h2-4,7-14,17,19,29H,5-6,15-16,18,20,31H2,1H3,(H,32,33). The lowest BCUT2D eigenvalue weighted by atomic mass is 9.93. The summed E-state index contributed by atoms with van der Waals surface area (Å²) in [4.78, 5) is 19.4.